The Morgan fingerprint density at radius 1 is 0.929 bits per heavy atom. The van der Waals surface area contributed by atoms with Crippen molar-refractivity contribution >= 4 is 10.8 Å². The number of rotatable bonds is 0. The van der Waals surface area contributed by atoms with Crippen LogP contribution >= 0.6 is 0 Å². The van der Waals surface area contributed by atoms with Crippen molar-refractivity contribution < 1.29 is 10.4 Å². The zero-order valence-electron chi connectivity index (χ0n) is 7.01. The van der Waals surface area contributed by atoms with E-state index in [1.54, 1.807) is 24.3 Å². The summed E-state index contributed by atoms with van der Waals surface area (Å²) < 4.78 is 0. The molecule has 2 aromatic carbocycles. The highest BCUT2D eigenvalue weighted by atomic mass is 16.4. The van der Waals surface area contributed by atoms with Crippen LogP contribution in [0.25, 0.3) is 10.8 Å². The van der Waals surface area contributed by atoms with Gasteiger partial charge in [0.15, 0.2) is 5.36 Å². The highest BCUT2D eigenvalue weighted by Gasteiger charge is 2.08. The Hall–Kier alpha value is -2.17. The zero-order chi connectivity index (χ0) is 10.1. The van der Waals surface area contributed by atoms with Crippen molar-refractivity contribution in [2.24, 2.45) is 10.3 Å². The van der Waals surface area contributed by atoms with Crippen molar-refractivity contribution in [3.05, 3.63) is 45.2 Å². The average molecular weight is 190 g/mol. The summed E-state index contributed by atoms with van der Waals surface area (Å²) in [6.07, 6.45) is 0. The number of hydrogen-bond donors (Lipinski definition) is 2. The van der Waals surface area contributed by atoms with E-state index in [0.29, 0.717) is 10.8 Å². The Morgan fingerprint density at radius 2 is 1.50 bits per heavy atom. The minimum atomic E-state index is -0.434. The summed E-state index contributed by atoms with van der Waals surface area (Å²) in [6, 6.07) is 6.60. The third kappa shape index (κ3) is 0.922. The Morgan fingerprint density at radius 3 is 2.07 bits per heavy atom. The van der Waals surface area contributed by atoms with Crippen LogP contribution in [0.2, 0.25) is 0 Å². The number of fused-ring (bicyclic) bond motifs is 1. The van der Waals surface area contributed by atoms with Gasteiger partial charge in [-0.05, 0) is 0 Å². The lowest BCUT2D eigenvalue weighted by Gasteiger charge is -1.83. The second-order valence-electron chi connectivity index (χ2n) is 2.77. The average Bonchev–Trinajstić information content (AvgIpc) is 2.51. The monoisotopic (exact) mass is 190 g/mol. The second-order valence-corrected chi connectivity index (χ2v) is 2.77. The van der Waals surface area contributed by atoms with Gasteiger partial charge in [0.1, 0.15) is 5.36 Å². The molecule has 0 bridgehead atoms. The summed E-state index contributed by atoms with van der Waals surface area (Å²) in [5.74, 6) is 0. The molecule has 0 aliphatic rings. The largest absolute Gasteiger partial charge is 0.410 e. The van der Waals surface area contributed by atoms with Gasteiger partial charge in [-0.25, -0.2) is 0 Å². The number of hydrogen-bond acceptors (Lipinski definition) is 5. The van der Waals surface area contributed by atoms with Crippen molar-refractivity contribution in [2.75, 3.05) is 0 Å². The molecule has 0 unspecified atom stereocenters. The maximum Gasteiger partial charge on any atom is 0.217 e. The lowest BCUT2D eigenvalue weighted by atomic mass is 10.2. The second kappa shape index (κ2) is 2.95. The molecule has 2 aromatic rings. The van der Waals surface area contributed by atoms with Gasteiger partial charge in [-0.1, -0.05) is 34.6 Å². The summed E-state index contributed by atoms with van der Waals surface area (Å²) in [5.41, 5.74) is -0.434. The van der Waals surface area contributed by atoms with Crippen LogP contribution in [0.4, 0.5) is 0 Å². The fourth-order valence-corrected chi connectivity index (χ4v) is 1.44. The van der Waals surface area contributed by atoms with Crippen LogP contribution in [0.5, 0.6) is 0 Å². The molecule has 0 heterocycles. The van der Waals surface area contributed by atoms with Gasteiger partial charge in [0.25, 0.3) is 0 Å². The normalized spacial score (nSPS) is 14.0. The van der Waals surface area contributed by atoms with Gasteiger partial charge >= 0.3 is 0 Å². The minimum Gasteiger partial charge on any atom is -0.410 e. The van der Waals surface area contributed by atoms with E-state index in [-0.39, 0.29) is 10.7 Å². The van der Waals surface area contributed by atoms with E-state index in [4.69, 9.17) is 10.4 Å². The van der Waals surface area contributed by atoms with Crippen LogP contribution in [0.1, 0.15) is 0 Å². The van der Waals surface area contributed by atoms with Crippen molar-refractivity contribution in [3.63, 3.8) is 0 Å². The molecule has 5 nitrogen and oxygen atoms in total. The Labute approximate surface area is 77.6 Å². The quantitative estimate of drug-likeness (QED) is 0.440. The van der Waals surface area contributed by atoms with Gasteiger partial charge < -0.3 is 10.4 Å². The van der Waals surface area contributed by atoms with Gasteiger partial charge in [-0.3, -0.25) is 4.79 Å². The first kappa shape index (κ1) is 8.43. The van der Waals surface area contributed by atoms with Crippen LogP contribution in [0, 0.1) is 0 Å². The summed E-state index contributed by atoms with van der Waals surface area (Å²) in [5, 5.41) is 23.7. The molecule has 2 rings (SSSR count). The van der Waals surface area contributed by atoms with Crippen molar-refractivity contribution in [1.82, 2.24) is 0 Å². The maximum atomic E-state index is 11.5. The summed E-state index contributed by atoms with van der Waals surface area (Å²) >= 11 is 0. The fourth-order valence-electron chi connectivity index (χ4n) is 1.44. The zero-order valence-corrected chi connectivity index (χ0v) is 7.01. The van der Waals surface area contributed by atoms with Gasteiger partial charge in [-0.15, -0.1) is 0 Å². The lowest BCUT2D eigenvalue weighted by Crippen LogP contribution is -2.32. The standard InChI is InChI=1S/C9H6N2O3/c12-9-6-4-2-1-3-5(6)7(10-13)8(9)11-14/h1-4,13-14H. The fraction of sp³-hybridized carbons (Fsp3) is 0. The van der Waals surface area contributed by atoms with Crippen molar-refractivity contribution in [3.8, 4) is 0 Å². The molecule has 0 aliphatic carbocycles. The van der Waals surface area contributed by atoms with Crippen molar-refractivity contribution in [1.29, 1.82) is 0 Å². The van der Waals surface area contributed by atoms with E-state index >= 15 is 0 Å². The van der Waals surface area contributed by atoms with E-state index in [1.165, 1.54) is 0 Å². The maximum absolute atomic E-state index is 11.5. The molecule has 0 saturated heterocycles. The molecule has 0 fully saturated rings. The molecule has 0 radical (unpaired) electrons. The highest BCUT2D eigenvalue weighted by Crippen LogP contribution is 2.01. The Bertz CT molecular complexity index is 636. The summed E-state index contributed by atoms with van der Waals surface area (Å²) in [7, 11) is 0. The molecule has 5 heteroatoms. The van der Waals surface area contributed by atoms with Crippen LogP contribution in [0.3, 0.4) is 0 Å². The molecule has 0 atom stereocenters. The molecule has 0 aliphatic heterocycles. The van der Waals surface area contributed by atoms with E-state index in [0.717, 1.165) is 0 Å². The van der Waals surface area contributed by atoms with Crippen LogP contribution in [-0.2, 0) is 0 Å². The summed E-state index contributed by atoms with van der Waals surface area (Å²) in [6.45, 7) is 0. The van der Waals surface area contributed by atoms with E-state index in [9.17, 15) is 4.79 Å². The lowest BCUT2D eigenvalue weighted by molar-refractivity contribution is 0.288. The summed E-state index contributed by atoms with van der Waals surface area (Å²) in [4.78, 5) is 11.5. The van der Waals surface area contributed by atoms with Crippen LogP contribution in [0.15, 0.2) is 39.4 Å². The minimum absolute atomic E-state index is 0.00750. The molecule has 14 heavy (non-hydrogen) atoms. The molecule has 70 valence electrons. The van der Waals surface area contributed by atoms with Crippen LogP contribution in [-0.4, -0.2) is 10.4 Å². The Balaban J connectivity index is 3.26. The molecule has 0 spiro atoms. The first-order valence-electron chi connectivity index (χ1n) is 3.88. The molecule has 0 amide bonds. The predicted octanol–water partition coefficient (Wildman–Crippen LogP) is -0.345. The number of benzene rings is 1. The molecule has 2 N–H and O–H groups in total. The number of nitrogens with zero attached hydrogens (tertiary/aromatic N) is 2. The van der Waals surface area contributed by atoms with E-state index < -0.39 is 5.43 Å². The van der Waals surface area contributed by atoms with Crippen molar-refractivity contribution in [2.45, 2.75) is 0 Å². The molecular formula is C9H6N2O3. The van der Waals surface area contributed by atoms with Gasteiger partial charge in [0, 0.05) is 10.8 Å². The van der Waals surface area contributed by atoms with Gasteiger partial charge in [0.05, 0.1) is 0 Å². The van der Waals surface area contributed by atoms with E-state index in [2.05, 4.69) is 10.3 Å². The first-order valence-corrected chi connectivity index (χ1v) is 3.88. The van der Waals surface area contributed by atoms with E-state index in [1.807, 2.05) is 0 Å². The SMILES string of the molecule is O=c1c(=NO)c(=NO)c2ccccc12. The third-order valence-corrected chi connectivity index (χ3v) is 2.07. The highest BCUT2D eigenvalue weighted by molar-refractivity contribution is 5.82. The smallest absolute Gasteiger partial charge is 0.217 e. The predicted molar refractivity (Wildman–Crippen MR) is 47.3 cm³/mol. The topological polar surface area (TPSA) is 82.2 Å². The molecule has 0 aromatic heterocycles. The molecular weight excluding hydrogens is 184 g/mol. The van der Waals surface area contributed by atoms with Gasteiger partial charge in [0.2, 0.25) is 5.43 Å². The first-order chi connectivity index (χ1) is 6.79. The van der Waals surface area contributed by atoms with Crippen LogP contribution < -0.4 is 16.1 Å². The molecule has 0 saturated carbocycles. The third-order valence-electron chi connectivity index (χ3n) is 2.07. The van der Waals surface area contributed by atoms with Gasteiger partial charge in [-0.2, -0.15) is 0 Å². The Kier molecular flexibility index (Phi) is 1.78.